The molecule has 1 fully saturated rings. The lowest BCUT2D eigenvalue weighted by molar-refractivity contribution is 0.112. The van der Waals surface area contributed by atoms with Gasteiger partial charge in [-0.1, -0.05) is 24.3 Å². The smallest absolute Gasteiger partial charge is 0.225 e. The number of aromatic amines is 1. The summed E-state index contributed by atoms with van der Waals surface area (Å²) in [4.78, 5) is 34.9. The second-order valence-electron chi connectivity index (χ2n) is 7.77. The second-order valence-corrected chi connectivity index (χ2v) is 7.77. The molecule has 7 heteroatoms. The van der Waals surface area contributed by atoms with Gasteiger partial charge in [-0.05, 0) is 24.3 Å². The van der Waals surface area contributed by atoms with Gasteiger partial charge in [0.25, 0.3) is 0 Å². The van der Waals surface area contributed by atoms with Crippen LogP contribution in [0.2, 0.25) is 0 Å². The largest absolute Gasteiger partial charge is 0.352 e. The first-order chi connectivity index (χ1) is 15.3. The van der Waals surface area contributed by atoms with Crippen molar-refractivity contribution in [1.29, 1.82) is 0 Å². The molecule has 1 saturated heterocycles. The molecule has 0 saturated carbocycles. The van der Waals surface area contributed by atoms with E-state index in [2.05, 4.69) is 30.9 Å². The minimum atomic E-state index is 0.256. The van der Waals surface area contributed by atoms with Gasteiger partial charge in [0.1, 0.15) is 0 Å². The van der Waals surface area contributed by atoms with Crippen molar-refractivity contribution < 1.29 is 4.79 Å². The normalized spacial score (nSPS) is 14.1. The summed E-state index contributed by atoms with van der Waals surface area (Å²) in [5, 5.41) is 2.02. The summed E-state index contributed by atoms with van der Waals surface area (Å²) in [6.07, 6.45) is 6.16. The van der Waals surface area contributed by atoms with Gasteiger partial charge in [0.05, 0.1) is 22.6 Å². The number of carbonyl (C=O) groups excluding carboxylic acids is 1. The highest BCUT2D eigenvalue weighted by atomic mass is 16.1. The number of hydrogen-bond acceptors (Lipinski definition) is 6. The van der Waals surface area contributed by atoms with E-state index in [1.165, 1.54) is 0 Å². The quantitative estimate of drug-likeness (QED) is 0.454. The van der Waals surface area contributed by atoms with Gasteiger partial charge in [0.2, 0.25) is 5.95 Å². The van der Waals surface area contributed by atoms with E-state index < -0.39 is 0 Å². The van der Waals surface area contributed by atoms with Crippen LogP contribution < -0.4 is 4.90 Å². The Morgan fingerprint density at radius 3 is 2.74 bits per heavy atom. The number of aromatic nitrogens is 5. The predicted octanol–water partition coefficient (Wildman–Crippen LogP) is 3.98. The van der Waals surface area contributed by atoms with Crippen LogP contribution in [0.25, 0.3) is 33.1 Å². The zero-order valence-corrected chi connectivity index (χ0v) is 16.6. The Labute approximate surface area is 177 Å². The average molecular weight is 406 g/mol. The lowest BCUT2D eigenvalue weighted by Gasteiger charge is -2.39. The molecule has 6 rings (SSSR count). The van der Waals surface area contributed by atoms with Crippen molar-refractivity contribution in [3.63, 3.8) is 0 Å². The number of H-pyrrole nitrogens is 1. The van der Waals surface area contributed by atoms with Crippen molar-refractivity contribution in [2.24, 2.45) is 0 Å². The van der Waals surface area contributed by atoms with E-state index in [0.717, 1.165) is 64.1 Å². The van der Waals surface area contributed by atoms with Gasteiger partial charge in [-0.25, -0.2) is 9.97 Å². The fourth-order valence-corrected chi connectivity index (χ4v) is 4.17. The summed E-state index contributed by atoms with van der Waals surface area (Å²) in [5.74, 6) is 1.00. The van der Waals surface area contributed by atoms with Gasteiger partial charge >= 0.3 is 0 Å². The van der Waals surface area contributed by atoms with Gasteiger partial charge in [-0.3, -0.25) is 14.8 Å². The van der Waals surface area contributed by atoms with Gasteiger partial charge in [0.15, 0.2) is 6.29 Å². The Hall–Kier alpha value is -4.13. The van der Waals surface area contributed by atoms with E-state index in [1.54, 1.807) is 12.4 Å². The number of anilines is 1. The first kappa shape index (κ1) is 17.7. The molecule has 4 heterocycles. The zero-order chi connectivity index (χ0) is 20.8. The topological polar surface area (TPSA) is 87.7 Å². The molecule has 0 spiro atoms. The third-order valence-corrected chi connectivity index (χ3v) is 5.80. The van der Waals surface area contributed by atoms with E-state index in [0.29, 0.717) is 5.69 Å². The molecule has 2 aromatic carbocycles. The molecule has 7 nitrogen and oxygen atoms in total. The number of aldehydes is 1. The fourth-order valence-electron chi connectivity index (χ4n) is 4.17. The van der Waals surface area contributed by atoms with Gasteiger partial charge in [-0.2, -0.15) is 0 Å². The maximum atomic E-state index is 11.1. The summed E-state index contributed by atoms with van der Waals surface area (Å²) < 4.78 is 0. The van der Waals surface area contributed by atoms with Crippen LogP contribution in [-0.4, -0.2) is 44.3 Å². The van der Waals surface area contributed by atoms with Crippen molar-refractivity contribution in [2.45, 2.75) is 5.92 Å². The Balaban J connectivity index is 1.29. The van der Waals surface area contributed by atoms with Crippen molar-refractivity contribution in [3.8, 4) is 11.3 Å². The molecule has 1 aliphatic rings. The van der Waals surface area contributed by atoms with Gasteiger partial charge < -0.3 is 9.88 Å². The lowest BCUT2D eigenvalue weighted by atomic mass is 9.92. The standard InChI is InChI=1S/C24H18N6O/c31-14-19-10-17-9-15(5-6-21(17)28-19)22-23(26-8-7-25-22)18-12-30(13-18)24-27-11-16-3-1-2-4-20(16)29-24/h1-11,14,18,28H,12-13H2. The van der Waals surface area contributed by atoms with Crippen molar-refractivity contribution >= 4 is 34.0 Å². The number of rotatable bonds is 4. The molecule has 0 unspecified atom stereocenters. The summed E-state index contributed by atoms with van der Waals surface area (Å²) >= 11 is 0. The first-order valence-electron chi connectivity index (χ1n) is 10.1. The SMILES string of the molecule is O=Cc1cc2cc(-c3nccnc3C3CN(c4ncc5ccccc5n4)C3)ccc2[nH]1. The summed E-state index contributed by atoms with van der Waals surface area (Å²) in [5.41, 5.74) is 5.29. The number of para-hydroxylation sites is 1. The van der Waals surface area contributed by atoms with Crippen molar-refractivity contribution in [3.05, 3.63) is 78.5 Å². The molecule has 150 valence electrons. The third-order valence-electron chi connectivity index (χ3n) is 5.80. The molecular formula is C24H18N6O. The zero-order valence-electron chi connectivity index (χ0n) is 16.6. The molecule has 0 atom stereocenters. The molecule has 0 aliphatic carbocycles. The molecular weight excluding hydrogens is 388 g/mol. The maximum absolute atomic E-state index is 11.1. The van der Waals surface area contributed by atoms with E-state index >= 15 is 0 Å². The van der Waals surface area contributed by atoms with Crippen molar-refractivity contribution in [1.82, 2.24) is 24.9 Å². The van der Waals surface area contributed by atoms with Gasteiger partial charge in [0, 0.05) is 59.5 Å². The van der Waals surface area contributed by atoms with Crippen molar-refractivity contribution in [2.75, 3.05) is 18.0 Å². The number of carbonyl (C=O) groups is 1. The fraction of sp³-hybridized carbons (Fsp3) is 0.125. The summed E-state index contributed by atoms with van der Waals surface area (Å²) in [6.45, 7) is 1.59. The van der Waals surface area contributed by atoms with Crippen LogP contribution in [0.4, 0.5) is 5.95 Å². The number of benzene rings is 2. The average Bonchev–Trinajstić information content (AvgIpc) is 3.21. The highest BCUT2D eigenvalue weighted by Gasteiger charge is 2.33. The Morgan fingerprint density at radius 1 is 0.968 bits per heavy atom. The van der Waals surface area contributed by atoms with Crippen LogP contribution >= 0.6 is 0 Å². The lowest BCUT2D eigenvalue weighted by Crippen LogP contribution is -2.46. The van der Waals surface area contributed by atoms with Crippen LogP contribution in [-0.2, 0) is 0 Å². The van der Waals surface area contributed by atoms with E-state index in [-0.39, 0.29) is 5.92 Å². The number of hydrogen-bond donors (Lipinski definition) is 1. The van der Waals surface area contributed by atoms with Gasteiger partial charge in [-0.15, -0.1) is 0 Å². The van der Waals surface area contributed by atoms with Crippen LogP contribution in [0, 0.1) is 0 Å². The molecule has 1 N–H and O–H groups in total. The Kier molecular flexibility index (Phi) is 3.99. The van der Waals surface area contributed by atoms with Crippen LogP contribution in [0.3, 0.4) is 0 Å². The van der Waals surface area contributed by atoms with Crippen LogP contribution in [0.1, 0.15) is 22.1 Å². The third kappa shape index (κ3) is 3.02. The molecule has 0 radical (unpaired) electrons. The van der Waals surface area contributed by atoms with E-state index in [4.69, 9.17) is 4.98 Å². The maximum Gasteiger partial charge on any atom is 0.225 e. The summed E-state index contributed by atoms with van der Waals surface area (Å²) in [6, 6.07) is 15.9. The van der Waals surface area contributed by atoms with E-state index in [1.807, 2.05) is 48.7 Å². The number of fused-ring (bicyclic) bond motifs is 2. The minimum absolute atomic E-state index is 0.256. The predicted molar refractivity (Wildman–Crippen MR) is 119 cm³/mol. The van der Waals surface area contributed by atoms with E-state index in [9.17, 15) is 4.79 Å². The minimum Gasteiger partial charge on any atom is -0.352 e. The molecule has 31 heavy (non-hydrogen) atoms. The number of nitrogens with one attached hydrogen (secondary N) is 1. The molecule has 3 aromatic heterocycles. The van der Waals surface area contributed by atoms with Crippen LogP contribution in [0.15, 0.2) is 67.1 Å². The highest BCUT2D eigenvalue weighted by molar-refractivity contribution is 5.90. The molecule has 5 aromatic rings. The second kappa shape index (κ2) is 6.98. The number of nitrogens with zero attached hydrogens (tertiary/aromatic N) is 5. The first-order valence-corrected chi connectivity index (χ1v) is 10.1. The monoisotopic (exact) mass is 406 g/mol. The summed E-state index contributed by atoms with van der Waals surface area (Å²) in [7, 11) is 0. The molecule has 0 amide bonds. The molecule has 1 aliphatic heterocycles. The molecule has 0 bridgehead atoms. The Bertz CT molecular complexity index is 1440. The van der Waals surface area contributed by atoms with Crippen LogP contribution in [0.5, 0.6) is 0 Å². The Morgan fingerprint density at radius 2 is 1.84 bits per heavy atom. The highest BCUT2D eigenvalue weighted by Crippen LogP contribution is 2.34.